The number of hydrogen-bond donors (Lipinski definition) is 0. The van der Waals surface area contributed by atoms with Crippen LogP contribution in [0.2, 0.25) is 0 Å². The van der Waals surface area contributed by atoms with Gasteiger partial charge in [0.25, 0.3) is 0 Å². The smallest absolute Gasteiger partial charge is 0.239 e. The fourth-order valence-corrected chi connectivity index (χ4v) is 3.28. The summed E-state index contributed by atoms with van der Waals surface area (Å²) in [6, 6.07) is 13.9. The fraction of sp³-hybridized carbons (Fsp3) is 0.200. The number of ketones is 1. The molecule has 4 rings (SSSR count). The molecule has 1 aromatic heterocycles. The summed E-state index contributed by atoms with van der Waals surface area (Å²) >= 11 is 0. The highest BCUT2D eigenvalue weighted by atomic mass is 16.5. The topological polar surface area (TPSA) is 44.1 Å². The van der Waals surface area contributed by atoms with Crippen molar-refractivity contribution in [2.75, 3.05) is 0 Å². The Morgan fingerprint density at radius 2 is 2.00 bits per heavy atom. The van der Waals surface area contributed by atoms with Crippen molar-refractivity contribution >= 4 is 5.78 Å². The zero-order valence-electron chi connectivity index (χ0n) is 13.7. The largest absolute Gasteiger partial charge is 0.481 e. The molecule has 120 valence electrons. The number of imidazole rings is 1. The van der Waals surface area contributed by atoms with E-state index in [-0.39, 0.29) is 5.78 Å². The maximum Gasteiger partial charge on any atom is 0.239 e. The molecule has 0 amide bonds. The van der Waals surface area contributed by atoms with Gasteiger partial charge in [-0.2, -0.15) is 0 Å². The maximum absolute atomic E-state index is 13.0. The van der Waals surface area contributed by atoms with Crippen LogP contribution in [0, 0.1) is 13.8 Å². The molecule has 0 fully saturated rings. The average Bonchev–Trinajstić information content (AvgIpc) is 3.22. The molecule has 2 heterocycles. The number of benzene rings is 2. The second-order valence-corrected chi connectivity index (χ2v) is 6.19. The summed E-state index contributed by atoms with van der Waals surface area (Å²) in [5.41, 5.74) is 4.36. The number of rotatable bonds is 3. The van der Waals surface area contributed by atoms with Gasteiger partial charge in [-0.05, 0) is 43.2 Å². The van der Waals surface area contributed by atoms with E-state index in [1.54, 1.807) is 12.4 Å². The van der Waals surface area contributed by atoms with Gasteiger partial charge in [0.2, 0.25) is 5.78 Å². The zero-order chi connectivity index (χ0) is 16.7. The second-order valence-electron chi connectivity index (χ2n) is 6.19. The molecule has 4 heteroatoms. The monoisotopic (exact) mass is 318 g/mol. The molecule has 0 N–H and O–H groups in total. The van der Waals surface area contributed by atoms with Crippen molar-refractivity contribution in [1.82, 2.24) is 9.55 Å². The summed E-state index contributed by atoms with van der Waals surface area (Å²) in [6.07, 6.45) is 3.55. The number of Topliss-reactive ketones (excluding diaryl/α,β-unsaturated/α-hetero) is 1. The van der Waals surface area contributed by atoms with Gasteiger partial charge in [0.15, 0.2) is 11.9 Å². The van der Waals surface area contributed by atoms with Crippen LogP contribution >= 0.6 is 0 Å². The molecular formula is C20H18N2O2. The highest BCUT2D eigenvalue weighted by Gasteiger charge is 2.33. The Morgan fingerprint density at radius 1 is 1.21 bits per heavy atom. The molecule has 0 unspecified atom stereocenters. The fourth-order valence-electron chi connectivity index (χ4n) is 3.28. The molecule has 4 nitrogen and oxygen atoms in total. The van der Waals surface area contributed by atoms with Gasteiger partial charge in [-0.3, -0.25) is 9.36 Å². The van der Waals surface area contributed by atoms with Gasteiger partial charge < -0.3 is 4.74 Å². The van der Waals surface area contributed by atoms with E-state index in [4.69, 9.17) is 4.74 Å². The Hall–Kier alpha value is -2.88. The van der Waals surface area contributed by atoms with Gasteiger partial charge in [0.05, 0.1) is 0 Å². The Balaban J connectivity index is 1.65. The molecule has 0 radical (unpaired) electrons. The number of para-hydroxylation sites is 1. The van der Waals surface area contributed by atoms with Crippen LogP contribution in [0.3, 0.4) is 0 Å². The Labute approximate surface area is 140 Å². The summed E-state index contributed by atoms with van der Waals surface area (Å²) in [4.78, 5) is 17.2. The van der Waals surface area contributed by atoms with Crippen LogP contribution in [0.15, 0.2) is 54.9 Å². The molecule has 0 aliphatic carbocycles. The summed E-state index contributed by atoms with van der Waals surface area (Å²) in [5.74, 6) is 1.15. The minimum atomic E-state index is -0.509. The van der Waals surface area contributed by atoms with Crippen molar-refractivity contribution in [3.63, 3.8) is 0 Å². The minimum absolute atomic E-state index is 0.0860. The quantitative estimate of drug-likeness (QED) is 0.692. The van der Waals surface area contributed by atoms with Crippen molar-refractivity contribution < 1.29 is 9.53 Å². The van der Waals surface area contributed by atoms with Gasteiger partial charge in [-0.1, -0.05) is 24.3 Å². The minimum Gasteiger partial charge on any atom is -0.481 e. The summed E-state index contributed by atoms with van der Waals surface area (Å²) in [7, 11) is 0. The first-order valence-electron chi connectivity index (χ1n) is 8.03. The molecule has 1 atom stereocenters. The third kappa shape index (κ3) is 2.40. The predicted molar refractivity (Wildman–Crippen MR) is 91.9 cm³/mol. The Bertz CT molecular complexity index is 913. The summed E-state index contributed by atoms with van der Waals surface area (Å²) in [5, 5.41) is 0. The van der Waals surface area contributed by atoms with E-state index < -0.39 is 6.10 Å². The lowest BCUT2D eigenvalue weighted by Gasteiger charge is -2.11. The Kier molecular flexibility index (Phi) is 3.45. The van der Waals surface area contributed by atoms with Crippen molar-refractivity contribution in [2.45, 2.75) is 26.4 Å². The maximum atomic E-state index is 13.0. The lowest BCUT2D eigenvalue weighted by atomic mass is 10.0. The molecule has 1 aliphatic rings. The first-order chi connectivity index (χ1) is 11.6. The van der Waals surface area contributed by atoms with E-state index in [1.807, 2.05) is 47.9 Å². The van der Waals surface area contributed by atoms with Crippen LogP contribution in [-0.2, 0) is 6.42 Å². The van der Waals surface area contributed by atoms with E-state index in [0.29, 0.717) is 12.2 Å². The van der Waals surface area contributed by atoms with Crippen LogP contribution in [0.5, 0.6) is 5.75 Å². The normalized spacial score (nSPS) is 15.8. The third-order valence-corrected chi connectivity index (χ3v) is 4.42. The summed E-state index contributed by atoms with van der Waals surface area (Å²) in [6.45, 7) is 4.10. The zero-order valence-corrected chi connectivity index (χ0v) is 13.7. The van der Waals surface area contributed by atoms with Gasteiger partial charge in [-0.15, -0.1) is 0 Å². The number of hydrogen-bond acceptors (Lipinski definition) is 3. The molecule has 0 spiro atoms. The predicted octanol–water partition coefficient (Wildman–Crippen LogP) is 3.68. The van der Waals surface area contributed by atoms with Crippen molar-refractivity contribution in [3.8, 4) is 11.4 Å². The van der Waals surface area contributed by atoms with E-state index in [1.165, 1.54) is 5.56 Å². The number of nitrogens with zero attached hydrogens (tertiary/aromatic N) is 2. The van der Waals surface area contributed by atoms with Crippen LogP contribution in [0.4, 0.5) is 0 Å². The van der Waals surface area contributed by atoms with Gasteiger partial charge in [0.1, 0.15) is 5.75 Å². The lowest BCUT2D eigenvalue weighted by molar-refractivity contribution is 0.0812. The first kappa shape index (κ1) is 14.7. The molecule has 0 saturated heterocycles. The number of carbonyl (C=O) groups is 1. The average molecular weight is 318 g/mol. The molecular weight excluding hydrogens is 300 g/mol. The number of fused-ring (bicyclic) bond motifs is 1. The van der Waals surface area contributed by atoms with Crippen LogP contribution in [0.1, 0.15) is 27.3 Å². The lowest BCUT2D eigenvalue weighted by Crippen LogP contribution is -2.28. The standard InChI is InChI=1S/C20H18N2O2/c1-13-10-14(2)16-12-18(24-17(16)11-13)19(23)20-21-8-9-22(20)15-6-4-3-5-7-15/h3-11,18H,12H2,1-2H3/t18-/m1/s1. The van der Waals surface area contributed by atoms with Gasteiger partial charge in [-0.25, -0.2) is 4.98 Å². The van der Waals surface area contributed by atoms with Crippen molar-refractivity contribution in [1.29, 1.82) is 0 Å². The number of ether oxygens (including phenoxy) is 1. The van der Waals surface area contributed by atoms with Crippen molar-refractivity contribution in [2.24, 2.45) is 0 Å². The van der Waals surface area contributed by atoms with Gasteiger partial charge in [0, 0.05) is 30.1 Å². The van der Waals surface area contributed by atoms with Crippen LogP contribution < -0.4 is 4.74 Å². The van der Waals surface area contributed by atoms with Crippen molar-refractivity contribution in [3.05, 3.63) is 77.4 Å². The van der Waals surface area contributed by atoms with Crippen LogP contribution in [-0.4, -0.2) is 21.4 Å². The Morgan fingerprint density at radius 3 is 2.79 bits per heavy atom. The van der Waals surface area contributed by atoms with Crippen LogP contribution in [0.25, 0.3) is 5.69 Å². The molecule has 0 saturated carbocycles. The van der Waals surface area contributed by atoms with E-state index in [9.17, 15) is 4.79 Å². The second kappa shape index (κ2) is 5.64. The van der Waals surface area contributed by atoms with Gasteiger partial charge >= 0.3 is 0 Å². The molecule has 24 heavy (non-hydrogen) atoms. The summed E-state index contributed by atoms with van der Waals surface area (Å²) < 4.78 is 7.75. The molecule has 3 aromatic rings. The SMILES string of the molecule is Cc1cc(C)c2c(c1)O[C@@H](C(=O)c1nccn1-c1ccccc1)C2. The first-order valence-corrected chi connectivity index (χ1v) is 8.03. The highest BCUT2D eigenvalue weighted by Crippen LogP contribution is 2.33. The van der Waals surface area contributed by atoms with E-state index in [2.05, 4.69) is 18.0 Å². The molecule has 2 aromatic carbocycles. The molecule has 1 aliphatic heterocycles. The highest BCUT2D eigenvalue weighted by molar-refractivity contribution is 5.98. The third-order valence-electron chi connectivity index (χ3n) is 4.42. The number of aryl methyl sites for hydroxylation is 2. The number of carbonyl (C=O) groups excluding carboxylic acids is 1. The number of aromatic nitrogens is 2. The van der Waals surface area contributed by atoms with E-state index in [0.717, 1.165) is 22.6 Å². The molecule has 0 bridgehead atoms. The van der Waals surface area contributed by atoms with E-state index >= 15 is 0 Å².